The van der Waals surface area contributed by atoms with Gasteiger partial charge in [0, 0.05) is 11.4 Å². The van der Waals surface area contributed by atoms with Crippen LogP contribution in [0.2, 0.25) is 0 Å². The Morgan fingerprint density at radius 3 is 2.42 bits per heavy atom. The third-order valence-corrected chi connectivity index (χ3v) is 4.13. The van der Waals surface area contributed by atoms with Crippen molar-refractivity contribution in [3.05, 3.63) is 95.8 Å². The molecule has 118 valence electrons. The smallest absolute Gasteiger partial charge is 0.262 e. The van der Waals surface area contributed by atoms with Crippen molar-refractivity contribution in [1.82, 2.24) is 0 Å². The lowest BCUT2D eigenvalue weighted by molar-refractivity contribution is 0.0975. The lowest BCUT2D eigenvalue weighted by Gasteiger charge is -2.38. The first-order valence-electron chi connectivity index (χ1n) is 7.74. The lowest BCUT2D eigenvalue weighted by atomic mass is 10.0. The molecule has 4 heteroatoms. The van der Waals surface area contributed by atoms with E-state index in [-0.39, 0.29) is 11.7 Å². The summed E-state index contributed by atoms with van der Waals surface area (Å²) in [6.07, 6.45) is -0.393. The van der Waals surface area contributed by atoms with Crippen molar-refractivity contribution in [2.24, 2.45) is 0 Å². The molecule has 1 N–H and O–H groups in total. The van der Waals surface area contributed by atoms with E-state index >= 15 is 0 Å². The van der Waals surface area contributed by atoms with Gasteiger partial charge in [0.05, 0.1) is 5.56 Å². The van der Waals surface area contributed by atoms with E-state index < -0.39 is 6.17 Å². The van der Waals surface area contributed by atoms with Crippen LogP contribution in [0.5, 0.6) is 0 Å². The molecule has 1 amide bonds. The number of para-hydroxylation sites is 1. The zero-order valence-electron chi connectivity index (χ0n) is 12.8. The van der Waals surface area contributed by atoms with Gasteiger partial charge in [-0.05, 0) is 35.9 Å². The minimum absolute atomic E-state index is 0.149. The Hall–Kier alpha value is -3.14. The van der Waals surface area contributed by atoms with Gasteiger partial charge in [-0.3, -0.25) is 9.69 Å². The molecule has 0 saturated heterocycles. The van der Waals surface area contributed by atoms with Gasteiger partial charge in [-0.25, -0.2) is 4.39 Å². The monoisotopic (exact) mass is 318 g/mol. The first-order chi connectivity index (χ1) is 11.7. The number of nitrogens with one attached hydrogen (secondary N) is 1. The highest BCUT2D eigenvalue weighted by Gasteiger charge is 2.33. The number of hydrogen-bond acceptors (Lipinski definition) is 2. The van der Waals surface area contributed by atoms with Crippen molar-refractivity contribution >= 4 is 17.3 Å². The average molecular weight is 318 g/mol. The fourth-order valence-corrected chi connectivity index (χ4v) is 3.01. The molecule has 3 aromatic carbocycles. The summed E-state index contributed by atoms with van der Waals surface area (Å²) in [6.45, 7) is 0. The maximum atomic E-state index is 13.7. The fraction of sp³-hybridized carbons (Fsp3) is 0.0500. The summed E-state index contributed by atoms with van der Waals surface area (Å²) in [5.41, 5.74) is 2.82. The Labute approximate surface area is 139 Å². The summed E-state index contributed by atoms with van der Waals surface area (Å²) in [7, 11) is 0. The minimum Gasteiger partial charge on any atom is -0.360 e. The number of rotatable bonds is 2. The van der Waals surface area contributed by atoms with Crippen molar-refractivity contribution in [3.63, 3.8) is 0 Å². The number of carbonyl (C=O) groups is 1. The van der Waals surface area contributed by atoms with E-state index in [1.54, 1.807) is 23.1 Å². The van der Waals surface area contributed by atoms with Crippen LogP contribution in [0.1, 0.15) is 22.1 Å². The maximum absolute atomic E-state index is 13.7. The predicted octanol–water partition coefficient (Wildman–Crippen LogP) is 4.60. The number of benzene rings is 3. The third kappa shape index (κ3) is 2.42. The molecule has 0 aliphatic carbocycles. The summed E-state index contributed by atoms with van der Waals surface area (Å²) in [6, 6.07) is 23.1. The first-order valence-corrected chi connectivity index (χ1v) is 7.74. The molecule has 1 atom stereocenters. The molecule has 3 nitrogen and oxygen atoms in total. The number of nitrogens with zero attached hydrogens (tertiary/aromatic N) is 1. The van der Waals surface area contributed by atoms with Gasteiger partial charge in [0.2, 0.25) is 0 Å². The zero-order valence-corrected chi connectivity index (χ0v) is 12.8. The van der Waals surface area contributed by atoms with Crippen molar-refractivity contribution in [3.8, 4) is 0 Å². The van der Waals surface area contributed by atoms with Gasteiger partial charge in [-0.15, -0.1) is 0 Å². The van der Waals surface area contributed by atoms with Gasteiger partial charge in [0.1, 0.15) is 12.0 Å². The number of amides is 1. The molecule has 1 aliphatic heterocycles. The summed E-state index contributed by atoms with van der Waals surface area (Å²) in [5, 5.41) is 3.39. The molecular weight excluding hydrogens is 303 g/mol. The number of carbonyl (C=O) groups excluding carboxylic acids is 1. The second-order valence-electron chi connectivity index (χ2n) is 5.66. The van der Waals surface area contributed by atoms with E-state index in [0.29, 0.717) is 11.3 Å². The Morgan fingerprint density at radius 1 is 0.875 bits per heavy atom. The van der Waals surface area contributed by atoms with Crippen molar-refractivity contribution in [1.29, 1.82) is 0 Å². The van der Waals surface area contributed by atoms with Gasteiger partial charge >= 0.3 is 0 Å². The highest BCUT2D eigenvalue weighted by atomic mass is 19.1. The van der Waals surface area contributed by atoms with Gasteiger partial charge in [0.25, 0.3) is 5.91 Å². The van der Waals surface area contributed by atoms with Crippen LogP contribution >= 0.6 is 0 Å². The van der Waals surface area contributed by atoms with Crippen LogP contribution in [-0.4, -0.2) is 5.91 Å². The molecule has 24 heavy (non-hydrogen) atoms. The predicted molar refractivity (Wildman–Crippen MR) is 92.5 cm³/mol. The molecule has 0 saturated carbocycles. The summed E-state index contributed by atoms with van der Waals surface area (Å²) < 4.78 is 13.7. The summed E-state index contributed by atoms with van der Waals surface area (Å²) in [5.74, 6) is -0.519. The Balaban J connectivity index is 1.88. The quantitative estimate of drug-likeness (QED) is 0.749. The lowest BCUT2D eigenvalue weighted by Crippen LogP contribution is -2.43. The highest BCUT2D eigenvalue weighted by Crippen LogP contribution is 2.36. The third-order valence-electron chi connectivity index (χ3n) is 4.13. The van der Waals surface area contributed by atoms with Gasteiger partial charge < -0.3 is 5.32 Å². The van der Waals surface area contributed by atoms with Crippen molar-refractivity contribution < 1.29 is 9.18 Å². The van der Waals surface area contributed by atoms with E-state index in [2.05, 4.69) is 5.32 Å². The van der Waals surface area contributed by atoms with Crippen LogP contribution in [-0.2, 0) is 0 Å². The van der Waals surface area contributed by atoms with E-state index in [9.17, 15) is 9.18 Å². The minimum atomic E-state index is -0.393. The molecule has 0 unspecified atom stereocenters. The zero-order chi connectivity index (χ0) is 16.5. The Bertz CT molecular complexity index is 895. The molecule has 0 bridgehead atoms. The van der Waals surface area contributed by atoms with Crippen LogP contribution in [0.3, 0.4) is 0 Å². The SMILES string of the molecule is O=C1c2ccccc2N[C@H](c2ccccc2)N1c1cccc(F)c1. The number of halogens is 1. The van der Waals surface area contributed by atoms with Gasteiger partial charge in [-0.1, -0.05) is 48.5 Å². The Kier molecular flexibility index (Phi) is 3.50. The number of hydrogen-bond donors (Lipinski definition) is 1. The second kappa shape index (κ2) is 5.81. The van der Waals surface area contributed by atoms with Gasteiger partial charge in [0.15, 0.2) is 0 Å². The van der Waals surface area contributed by atoms with Gasteiger partial charge in [-0.2, -0.15) is 0 Å². The van der Waals surface area contributed by atoms with Crippen LogP contribution in [0.25, 0.3) is 0 Å². The summed E-state index contributed by atoms with van der Waals surface area (Å²) in [4.78, 5) is 14.7. The Morgan fingerprint density at radius 2 is 1.62 bits per heavy atom. The molecule has 0 spiro atoms. The largest absolute Gasteiger partial charge is 0.360 e. The first kappa shape index (κ1) is 14.5. The van der Waals surface area contributed by atoms with Crippen LogP contribution in [0, 0.1) is 5.82 Å². The topological polar surface area (TPSA) is 32.3 Å². The van der Waals surface area contributed by atoms with E-state index in [4.69, 9.17) is 0 Å². The van der Waals surface area contributed by atoms with Crippen LogP contribution in [0.4, 0.5) is 15.8 Å². The molecule has 0 radical (unpaired) electrons. The molecule has 0 fully saturated rings. The van der Waals surface area contributed by atoms with E-state index in [0.717, 1.165) is 11.3 Å². The average Bonchev–Trinajstić information content (AvgIpc) is 2.62. The van der Waals surface area contributed by atoms with Crippen molar-refractivity contribution in [2.75, 3.05) is 10.2 Å². The normalized spacial score (nSPS) is 16.5. The second-order valence-corrected chi connectivity index (χ2v) is 5.66. The van der Waals surface area contributed by atoms with E-state index in [1.165, 1.54) is 12.1 Å². The molecule has 4 rings (SSSR count). The summed E-state index contributed by atoms with van der Waals surface area (Å²) >= 11 is 0. The molecule has 0 aromatic heterocycles. The highest BCUT2D eigenvalue weighted by molar-refractivity contribution is 6.12. The molecular formula is C20H15FN2O. The number of fused-ring (bicyclic) bond motifs is 1. The van der Waals surface area contributed by atoms with Crippen molar-refractivity contribution in [2.45, 2.75) is 6.17 Å². The van der Waals surface area contributed by atoms with E-state index in [1.807, 2.05) is 48.5 Å². The fourth-order valence-electron chi connectivity index (χ4n) is 3.01. The molecule has 1 aliphatic rings. The molecule has 3 aromatic rings. The van der Waals surface area contributed by atoms with Crippen LogP contribution < -0.4 is 10.2 Å². The molecule has 1 heterocycles. The van der Waals surface area contributed by atoms with Crippen LogP contribution in [0.15, 0.2) is 78.9 Å². The number of anilines is 2. The standard InChI is InChI=1S/C20H15FN2O/c21-15-9-6-10-16(13-15)23-19(14-7-2-1-3-8-14)22-18-12-5-4-11-17(18)20(23)24/h1-13,19,22H/t19-/m0/s1. The maximum Gasteiger partial charge on any atom is 0.262 e.